The SMILES string of the molecule is NC1=N[C@H]2[C@H](CS[C@H]2CCCCC(=O)CCCCCCC(=O)Nc2cc(NC(=O)CCCCCCC(=O)CCCC[C@@H]3SC[C@@H]4NC(N)=N[C@@H]43)cc(C(=O)CCCOCCOCCNC(=O)c3cccc(I)c3)c2)N1. The molecule has 2 aromatic rings. The van der Waals surface area contributed by atoms with Gasteiger partial charge in [0.05, 0.1) is 44.0 Å². The zero-order valence-corrected chi connectivity index (χ0v) is 47.3. The van der Waals surface area contributed by atoms with Crippen molar-refractivity contribution in [2.45, 2.75) is 176 Å². The number of ether oxygens (including phenoxy) is 2. The highest BCUT2D eigenvalue weighted by Crippen LogP contribution is 2.36. The number of guanidine groups is 2. The van der Waals surface area contributed by atoms with Crippen LogP contribution < -0.4 is 38.1 Å². The average molecular weight is 1190 g/mol. The lowest BCUT2D eigenvalue weighted by Crippen LogP contribution is -2.38. The molecule has 4 aliphatic rings. The molecule has 0 aromatic heterocycles. The number of carbonyl (C=O) groups excluding carboxylic acids is 6. The highest BCUT2D eigenvalue weighted by Gasteiger charge is 2.41. The van der Waals surface area contributed by atoms with E-state index in [0.29, 0.717) is 159 Å². The molecule has 412 valence electrons. The number of nitrogens with two attached hydrogens (primary N) is 2. The third kappa shape index (κ3) is 22.0. The minimum atomic E-state index is -0.187. The first-order valence-electron chi connectivity index (χ1n) is 27.3. The Balaban J connectivity index is 0.849. The molecule has 2 aromatic carbocycles. The number of halogens is 1. The van der Waals surface area contributed by atoms with Gasteiger partial charge in [0.1, 0.15) is 11.6 Å². The second-order valence-electron chi connectivity index (χ2n) is 20.1. The van der Waals surface area contributed by atoms with Crippen LogP contribution in [0.25, 0.3) is 0 Å². The second kappa shape index (κ2) is 33.1. The van der Waals surface area contributed by atoms with Gasteiger partial charge in [-0.15, -0.1) is 0 Å². The fraction of sp³-hybridized carbons (Fsp3) is 0.636. The van der Waals surface area contributed by atoms with Crippen molar-refractivity contribution in [1.29, 1.82) is 0 Å². The smallest absolute Gasteiger partial charge is 0.251 e. The van der Waals surface area contributed by atoms with Gasteiger partial charge in [0.15, 0.2) is 17.7 Å². The Morgan fingerprint density at radius 1 is 0.573 bits per heavy atom. The van der Waals surface area contributed by atoms with E-state index in [0.717, 1.165) is 92.1 Å². The maximum atomic E-state index is 13.5. The van der Waals surface area contributed by atoms with Crippen molar-refractivity contribution in [3.63, 3.8) is 0 Å². The minimum Gasteiger partial charge on any atom is -0.379 e. The second-order valence-corrected chi connectivity index (χ2v) is 23.9. The minimum absolute atomic E-state index is 0.143. The van der Waals surface area contributed by atoms with E-state index in [2.05, 4.69) is 59.2 Å². The predicted octanol–water partition coefficient (Wildman–Crippen LogP) is 8.08. The molecule has 2 fully saturated rings. The molecule has 0 aliphatic carbocycles. The number of nitrogens with zero attached hydrogens (tertiary/aromatic N) is 2. The maximum absolute atomic E-state index is 13.5. The van der Waals surface area contributed by atoms with Crippen molar-refractivity contribution >= 4 is 104 Å². The summed E-state index contributed by atoms with van der Waals surface area (Å²) in [6, 6.07) is 13.5. The number of Topliss-reactive ketones (excluding diaryl/α,β-unsaturated/α-hetero) is 3. The Bertz CT molecular complexity index is 2170. The van der Waals surface area contributed by atoms with Gasteiger partial charge in [0.2, 0.25) is 11.8 Å². The summed E-state index contributed by atoms with van der Waals surface area (Å²) in [6.07, 6.45) is 15.8. The van der Waals surface area contributed by atoms with Crippen LogP contribution in [0.4, 0.5) is 11.4 Å². The maximum Gasteiger partial charge on any atom is 0.251 e. The Kier molecular flexibility index (Phi) is 26.5. The first kappa shape index (κ1) is 60.0. The van der Waals surface area contributed by atoms with Gasteiger partial charge < -0.3 is 47.5 Å². The molecule has 3 amide bonds. The van der Waals surface area contributed by atoms with E-state index in [-0.39, 0.29) is 42.0 Å². The summed E-state index contributed by atoms with van der Waals surface area (Å²) in [5, 5.41) is 16.2. The molecular formula is C55H80IN9O8S2. The number of nitrogens with one attached hydrogen (secondary N) is 5. The van der Waals surface area contributed by atoms with E-state index in [4.69, 9.17) is 20.9 Å². The molecule has 4 heterocycles. The number of thioether (sulfide) groups is 2. The van der Waals surface area contributed by atoms with E-state index >= 15 is 0 Å². The van der Waals surface area contributed by atoms with Crippen molar-refractivity contribution in [3.05, 3.63) is 57.2 Å². The Hall–Kier alpha value is -4.25. The third-order valence-corrected chi connectivity index (χ3v) is 17.6. The summed E-state index contributed by atoms with van der Waals surface area (Å²) in [5.74, 6) is 3.06. The fourth-order valence-electron chi connectivity index (χ4n) is 9.91. The topological polar surface area (TPSA) is 258 Å². The summed E-state index contributed by atoms with van der Waals surface area (Å²) >= 11 is 6.06. The van der Waals surface area contributed by atoms with Crippen LogP contribution in [0, 0.1) is 3.57 Å². The monoisotopic (exact) mass is 1190 g/mol. The van der Waals surface area contributed by atoms with Crippen molar-refractivity contribution in [2.24, 2.45) is 21.5 Å². The molecule has 20 heteroatoms. The van der Waals surface area contributed by atoms with Crippen molar-refractivity contribution < 1.29 is 38.2 Å². The fourth-order valence-corrected chi connectivity index (χ4v) is 13.5. The van der Waals surface area contributed by atoms with Gasteiger partial charge in [-0.05, 0) is 117 Å². The quantitative estimate of drug-likeness (QED) is 0.0191. The number of hydrogen-bond acceptors (Lipinski definition) is 16. The Morgan fingerprint density at radius 3 is 1.59 bits per heavy atom. The molecule has 6 atom stereocenters. The molecule has 0 radical (unpaired) electrons. The van der Waals surface area contributed by atoms with Crippen LogP contribution in [0.1, 0.15) is 162 Å². The number of unbranched alkanes of at least 4 members (excludes halogenated alkanes) is 8. The van der Waals surface area contributed by atoms with Crippen LogP contribution in [0.3, 0.4) is 0 Å². The number of carbonyl (C=O) groups is 6. The van der Waals surface area contributed by atoms with Crippen molar-refractivity contribution in [2.75, 3.05) is 55.1 Å². The van der Waals surface area contributed by atoms with Crippen LogP contribution >= 0.6 is 46.1 Å². The van der Waals surface area contributed by atoms with Gasteiger partial charge in [-0.25, -0.2) is 9.98 Å². The lowest BCUT2D eigenvalue weighted by molar-refractivity contribution is -0.120. The van der Waals surface area contributed by atoms with Gasteiger partial charge in [0.25, 0.3) is 5.91 Å². The molecular weight excluding hydrogens is 1110 g/mol. The number of anilines is 2. The van der Waals surface area contributed by atoms with Crippen LogP contribution in [0.15, 0.2) is 52.4 Å². The highest BCUT2D eigenvalue weighted by molar-refractivity contribution is 14.1. The lowest BCUT2D eigenvalue weighted by Gasteiger charge is -2.14. The lowest BCUT2D eigenvalue weighted by atomic mass is 10.0. The molecule has 0 unspecified atom stereocenters. The zero-order chi connectivity index (χ0) is 53.2. The van der Waals surface area contributed by atoms with Crippen LogP contribution in [-0.4, -0.2) is 126 Å². The van der Waals surface area contributed by atoms with Gasteiger partial charge in [-0.3, -0.25) is 28.8 Å². The van der Waals surface area contributed by atoms with Crippen LogP contribution in [0.5, 0.6) is 0 Å². The summed E-state index contributed by atoms with van der Waals surface area (Å²) in [4.78, 5) is 86.3. The van der Waals surface area contributed by atoms with E-state index in [9.17, 15) is 28.8 Å². The number of rotatable bonds is 38. The van der Waals surface area contributed by atoms with Crippen LogP contribution in [-0.2, 0) is 28.7 Å². The first-order valence-corrected chi connectivity index (χ1v) is 30.5. The predicted molar refractivity (Wildman–Crippen MR) is 310 cm³/mol. The van der Waals surface area contributed by atoms with Gasteiger partial charge in [-0.1, -0.05) is 44.6 Å². The normalized spacial score (nSPS) is 20.3. The number of fused-ring (bicyclic) bond motifs is 2. The molecule has 2 saturated heterocycles. The summed E-state index contributed by atoms with van der Waals surface area (Å²) < 4.78 is 12.3. The van der Waals surface area contributed by atoms with Gasteiger partial charge in [-0.2, -0.15) is 23.5 Å². The Labute approximate surface area is 465 Å². The molecule has 4 aliphatic heterocycles. The van der Waals surface area contributed by atoms with Gasteiger partial charge in [0, 0.05) is 106 Å². The average Bonchev–Trinajstić information content (AvgIpc) is 4.16. The van der Waals surface area contributed by atoms with Crippen LogP contribution in [0.2, 0.25) is 0 Å². The number of ketones is 3. The van der Waals surface area contributed by atoms with E-state index in [1.165, 1.54) is 0 Å². The third-order valence-electron chi connectivity index (χ3n) is 13.9. The molecule has 0 spiro atoms. The molecule has 6 rings (SSSR count). The van der Waals surface area contributed by atoms with Crippen molar-refractivity contribution in [3.8, 4) is 0 Å². The summed E-state index contributed by atoms with van der Waals surface area (Å²) in [6.45, 7) is 1.74. The highest BCUT2D eigenvalue weighted by atomic mass is 127. The first-order chi connectivity index (χ1) is 36.4. The number of hydrogen-bond donors (Lipinski definition) is 7. The molecule has 17 nitrogen and oxygen atoms in total. The summed E-state index contributed by atoms with van der Waals surface area (Å²) in [7, 11) is 0. The standard InChI is InChI=1S/C55H80IN9O8S2/c56-39-16-13-15-37(31-39)53(71)59-26-28-73-30-29-72-27-14-21-46(68)38-32-40(60-49(69)24-7-3-1-5-17-42(66)19-9-11-22-47-51-44(35-74-47)62-54(57)64-51)34-41(33-38)61-50(70)25-8-4-2-6-18-43(67)20-10-12-23-48-52-45(36-75-48)63-55(58)65-52/h13,15-16,31-34,44-45,47-48,51-52H,1-12,14,17-30,35-36H2,(H,59,71)(H,60,69)(H,61,70)(H3,57,62,64)(H3,58,63,65)/t44-,45-,47-,48-,51-,52-/m0/s1. The molecule has 75 heavy (non-hydrogen) atoms. The van der Waals surface area contributed by atoms with E-state index in [1.54, 1.807) is 24.3 Å². The van der Waals surface area contributed by atoms with E-state index < -0.39 is 0 Å². The number of benzene rings is 2. The van der Waals surface area contributed by atoms with Crippen molar-refractivity contribution in [1.82, 2.24) is 16.0 Å². The zero-order valence-electron chi connectivity index (χ0n) is 43.5. The number of amides is 3. The molecule has 0 saturated carbocycles. The number of aliphatic imine (C=N–C) groups is 2. The molecule has 9 N–H and O–H groups in total. The summed E-state index contributed by atoms with van der Waals surface area (Å²) in [5.41, 5.74) is 13.5. The largest absolute Gasteiger partial charge is 0.379 e. The Morgan fingerprint density at radius 2 is 1.07 bits per heavy atom. The van der Waals surface area contributed by atoms with Gasteiger partial charge >= 0.3 is 0 Å². The van der Waals surface area contributed by atoms with E-state index in [1.807, 2.05) is 41.7 Å². The molecule has 0 bridgehead atoms.